The zero-order chi connectivity index (χ0) is 19.1. The molecule has 0 saturated carbocycles. The molecule has 0 saturated heterocycles. The Morgan fingerprint density at radius 2 is 2.27 bits per heavy atom. The fraction of sp³-hybridized carbons (Fsp3) is 0.286. The molecule has 0 bridgehead atoms. The zero-order valence-electron chi connectivity index (χ0n) is 13.4. The lowest BCUT2D eigenvalue weighted by Crippen LogP contribution is -2.36. The van der Waals surface area contributed by atoms with E-state index in [9.17, 15) is 14.4 Å². The number of amidine groups is 1. The first kappa shape index (κ1) is 20.3. The van der Waals surface area contributed by atoms with E-state index in [1.807, 2.05) is 5.48 Å². The number of aromatic nitrogens is 2. The fourth-order valence-electron chi connectivity index (χ4n) is 1.73. The van der Waals surface area contributed by atoms with Crippen molar-refractivity contribution in [2.24, 2.45) is 4.99 Å². The summed E-state index contributed by atoms with van der Waals surface area (Å²) >= 11 is 4.06. The lowest BCUT2D eigenvalue weighted by molar-refractivity contribution is -0.119. The topological polar surface area (TPSA) is 133 Å². The second-order valence-electron chi connectivity index (χ2n) is 5.03. The molecule has 1 aromatic heterocycles. The van der Waals surface area contributed by atoms with Crippen LogP contribution in [0.5, 0.6) is 0 Å². The molecule has 0 radical (unpaired) electrons. The summed E-state index contributed by atoms with van der Waals surface area (Å²) < 4.78 is 18.1. The van der Waals surface area contributed by atoms with Crippen LogP contribution in [0.25, 0.3) is 0 Å². The van der Waals surface area contributed by atoms with Crippen molar-refractivity contribution in [1.29, 1.82) is 0 Å². The van der Waals surface area contributed by atoms with Gasteiger partial charge in [-0.2, -0.15) is 0 Å². The molecule has 2 rings (SSSR count). The van der Waals surface area contributed by atoms with Gasteiger partial charge in [-0.3, -0.25) is 15.5 Å². The molecular formula is C14H15BrFN5O4S. The molecule has 0 aliphatic rings. The number of carbonyl (C=O) groups excluding carboxylic acids is 1. The van der Waals surface area contributed by atoms with Gasteiger partial charge < -0.3 is 10.4 Å². The molecule has 1 atom stereocenters. The van der Waals surface area contributed by atoms with Crippen molar-refractivity contribution in [2.75, 3.05) is 12.4 Å². The number of thioether (sulfide) groups is 1. The first-order chi connectivity index (χ1) is 12.4. The van der Waals surface area contributed by atoms with Crippen LogP contribution in [-0.2, 0) is 4.79 Å². The Morgan fingerprint density at radius 1 is 1.50 bits per heavy atom. The van der Waals surface area contributed by atoms with E-state index < -0.39 is 5.82 Å². The summed E-state index contributed by atoms with van der Waals surface area (Å²) in [5.41, 5.74) is 2.31. The van der Waals surface area contributed by atoms with Crippen molar-refractivity contribution in [3.8, 4) is 0 Å². The number of aliphatic imine (C=N–C) groups is 1. The summed E-state index contributed by atoms with van der Waals surface area (Å²) in [5.74, 6) is -0.864. The number of benzene rings is 1. The number of nitrogens with zero attached hydrogens (tertiary/aromatic N) is 3. The van der Waals surface area contributed by atoms with Gasteiger partial charge >= 0.3 is 0 Å². The maximum atomic E-state index is 13.3. The first-order valence-electron chi connectivity index (χ1n) is 7.24. The lowest BCUT2D eigenvalue weighted by atomic mass is 10.3. The monoisotopic (exact) mass is 447 g/mol. The van der Waals surface area contributed by atoms with Crippen molar-refractivity contribution in [2.45, 2.75) is 18.0 Å². The van der Waals surface area contributed by atoms with Crippen molar-refractivity contribution in [3.05, 3.63) is 34.2 Å². The number of hydrogen-bond acceptors (Lipinski definition) is 8. The van der Waals surface area contributed by atoms with Gasteiger partial charge in [0.15, 0.2) is 16.6 Å². The first-order valence-corrected chi connectivity index (χ1v) is 9.02. The SMILES string of the molecule is C[C@@H](CO)NC(=O)CSc1nonc1C(=Nc1ccc(F)c(Br)c1)NO. The van der Waals surface area contributed by atoms with Crippen LogP contribution in [0, 0.1) is 5.82 Å². The van der Waals surface area contributed by atoms with Gasteiger partial charge in [-0.15, -0.1) is 0 Å². The van der Waals surface area contributed by atoms with Gasteiger partial charge in [0.25, 0.3) is 0 Å². The van der Waals surface area contributed by atoms with Crippen LogP contribution in [0.1, 0.15) is 12.6 Å². The average Bonchev–Trinajstić information content (AvgIpc) is 3.09. The predicted octanol–water partition coefficient (Wildman–Crippen LogP) is 1.62. The van der Waals surface area contributed by atoms with E-state index in [1.165, 1.54) is 18.2 Å². The third-order valence-electron chi connectivity index (χ3n) is 2.95. The molecule has 2 aromatic rings. The van der Waals surface area contributed by atoms with Gasteiger partial charge in [0.05, 0.1) is 22.5 Å². The Kier molecular flexibility index (Phi) is 7.50. The largest absolute Gasteiger partial charge is 0.394 e. The normalized spacial score (nSPS) is 12.7. The number of aliphatic hydroxyl groups excluding tert-OH is 1. The molecule has 1 aromatic carbocycles. The summed E-state index contributed by atoms with van der Waals surface area (Å²) in [7, 11) is 0. The number of aliphatic hydroxyl groups is 1. The predicted molar refractivity (Wildman–Crippen MR) is 94.9 cm³/mol. The third-order valence-corrected chi connectivity index (χ3v) is 4.51. The van der Waals surface area contributed by atoms with E-state index in [1.54, 1.807) is 6.92 Å². The molecule has 0 spiro atoms. The summed E-state index contributed by atoms with van der Waals surface area (Å²) in [6, 6.07) is 3.66. The zero-order valence-corrected chi connectivity index (χ0v) is 15.8. The van der Waals surface area contributed by atoms with Crippen LogP contribution >= 0.6 is 27.7 Å². The van der Waals surface area contributed by atoms with E-state index in [4.69, 9.17) is 5.11 Å². The molecule has 26 heavy (non-hydrogen) atoms. The van der Waals surface area contributed by atoms with Gasteiger partial charge in [0.1, 0.15) is 5.82 Å². The number of carbonyl (C=O) groups is 1. The van der Waals surface area contributed by atoms with Gasteiger partial charge in [0.2, 0.25) is 5.91 Å². The van der Waals surface area contributed by atoms with E-state index in [0.717, 1.165) is 11.8 Å². The fourth-order valence-corrected chi connectivity index (χ4v) is 2.81. The van der Waals surface area contributed by atoms with Crippen molar-refractivity contribution >= 4 is 45.1 Å². The maximum Gasteiger partial charge on any atom is 0.230 e. The van der Waals surface area contributed by atoms with Crippen LogP contribution in [0.4, 0.5) is 10.1 Å². The number of halogens is 2. The third kappa shape index (κ3) is 5.49. The van der Waals surface area contributed by atoms with Gasteiger partial charge in [-0.25, -0.2) is 14.0 Å². The molecule has 0 fully saturated rings. The Bertz CT molecular complexity index is 803. The molecule has 0 aliphatic carbocycles. The molecule has 140 valence electrons. The Morgan fingerprint density at radius 3 is 2.92 bits per heavy atom. The number of nitrogens with one attached hydrogen (secondary N) is 2. The van der Waals surface area contributed by atoms with Crippen LogP contribution in [0.15, 0.2) is 37.3 Å². The van der Waals surface area contributed by atoms with Crippen LogP contribution in [0.2, 0.25) is 0 Å². The minimum Gasteiger partial charge on any atom is -0.394 e. The highest BCUT2D eigenvalue weighted by atomic mass is 79.9. The number of hydroxylamine groups is 1. The molecule has 1 heterocycles. The Hall–Kier alpha value is -2.02. The minimum atomic E-state index is -0.454. The van der Waals surface area contributed by atoms with Crippen molar-refractivity contribution in [3.63, 3.8) is 0 Å². The summed E-state index contributed by atoms with van der Waals surface area (Å²) in [4.78, 5) is 15.9. The average molecular weight is 448 g/mol. The number of rotatable bonds is 7. The summed E-state index contributed by atoms with van der Waals surface area (Å²) in [6.45, 7) is 1.48. The highest BCUT2D eigenvalue weighted by Crippen LogP contribution is 2.24. The van der Waals surface area contributed by atoms with Crippen LogP contribution in [0.3, 0.4) is 0 Å². The highest BCUT2D eigenvalue weighted by molar-refractivity contribution is 9.10. The van der Waals surface area contributed by atoms with Crippen molar-refractivity contribution < 1.29 is 24.1 Å². The molecule has 1 amide bonds. The second-order valence-corrected chi connectivity index (χ2v) is 6.85. The standard InChI is InChI=1S/C14H15BrFN5O4S/c1-7(5-22)17-11(23)6-26-14-12(20-25-21-14)13(19-24)18-8-2-3-10(16)9(15)4-8/h2-4,7,22,24H,5-6H2,1H3,(H,17,23)(H,18,19)/t7-/m0/s1. The Balaban J connectivity index is 2.14. The van der Waals surface area contributed by atoms with E-state index in [2.05, 4.69) is 41.2 Å². The number of amides is 1. The van der Waals surface area contributed by atoms with E-state index >= 15 is 0 Å². The Labute approximate surface area is 160 Å². The van der Waals surface area contributed by atoms with Gasteiger partial charge in [0, 0.05) is 6.04 Å². The summed E-state index contributed by atoms with van der Waals surface area (Å²) in [6.07, 6.45) is 0. The molecule has 4 N–H and O–H groups in total. The van der Waals surface area contributed by atoms with Gasteiger partial charge in [-0.1, -0.05) is 11.8 Å². The maximum absolute atomic E-state index is 13.3. The highest BCUT2D eigenvalue weighted by Gasteiger charge is 2.19. The second kappa shape index (κ2) is 9.62. The molecule has 0 aliphatic heterocycles. The van der Waals surface area contributed by atoms with Crippen molar-refractivity contribution in [1.82, 2.24) is 21.1 Å². The van der Waals surface area contributed by atoms with Crippen LogP contribution in [-0.4, -0.2) is 50.8 Å². The molecular weight excluding hydrogens is 433 g/mol. The van der Waals surface area contributed by atoms with E-state index in [0.29, 0.717) is 5.69 Å². The van der Waals surface area contributed by atoms with Gasteiger partial charge in [-0.05, 0) is 51.4 Å². The quantitative estimate of drug-likeness (QED) is 0.217. The molecule has 9 nitrogen and oxygen atoms in total. The number of hydrogen-bond donors (Lipinski definition) is 4. The molecule has 0 unspecified atom stereocenters. The summed E-state index contributed by atoms with van der Waals surface area (Å²) in [5, 5.41) is 28.4. The smallest absolute Gasteiger partial charge is 0.230 e. The lowest BCUT2D eigenvalue weighted by Gasteiger charge is -2.09. The minimum absolute atomic E-state index is 0.00758. The molecule has 12 heteroatoms. The van der Waals surface area contributed by atoms with E-state index in [-0.39, 0.29) is 45.3 Å². The van der Waals surface area contributed by atoms with Crippen LogP contribution < -0.4 is 10.8 Å².